The third-order valence-corrected chi connectivity index (χ3v) is 4.91. The molecule has 0 amide bonds. The number of rotatable bonds is 3. The first-order valence-electron chi connectivity index (χ1n) is 7.60. The van der Waals surface area contributed by atoms with Gasteiger partial charge in [-0.3, -0.25) is 9.78 Å². The van der Waals surface area contributed by atoms with Crippen molar-refractivity contribution in [2.75, 3.05) is 0 Å². The van der Waals surface area contributed by atoms with Gasteiger partial charge in [0.15, 0.2) is 0 Å². The third kappa shape index (κ3) is 2.65. The number of esters is 1. The van der Waals surface area contributed by atoms with E-state index in [9.17, 15) is 4.79 Å². The molecule has 0 fully saturated rings. The molecule has 1 atom stereocenters. The zero-order chi connectivity index (χ0) is 15.8. The number of H-pyrrole nitrogens is 1. The quantitative estimate of drug-likeness (QED) is 0.706. The molecule has 0 saturated carbocycles. The molecule has 1 aromatic carbocycles. The maximum absolute atomic E-state index is 12.4. The molecule has 1 N–H and O–H groups in total. The molecule has 23 heavy (non-hydrogen) atoms. The first-order chi connectivity index (χ1) is 11.2. The first kappa shape index (κ1) is 14.5. The van der Waals surface area contributed by atoms with Gasteiger partial charge in [-0.05, 0) is 42.2 Å². The van der Waals surface area contributed by atoms with Gasteiger partial charge in [0.05, 0.1) is 12.1 Å². The van der Waals surface area contributed by atoms with Crippen LogP contribution in [0.4, 0.5) is 0 Å². The largest absolute Gasteiger partial charge is 0.456 e. The highest BCUT2D eigenvalue weighted by Crippen LogP contribution is 2.33. The molecule has 3 aromatic rings. The van der Waals surface area contributed by atoms with Crippen LogP contribution in [0.2, 0.25) is 0 Å². The minimum atomic E-state index is -0.217. The standard InChI is InChI=1S/C18H15BrN2O2/c19-13-4-1-5-14-17(13)12(10-21-14)9-16(22)23-15-7-6-11-3-2-8-20-18(11)15/h1-5,8,10,15,21H,6-7,9H2. The van der Waals surface area contributed by atoms with Gasteiger partial charge in [0.25, 0.3) is 0 Å². The Kier molecular flexibility index (Phi) is 3.65. The summed E-state index contributed by atoms with van der Waals surface area (Å²) in [5.41, 5.74) is 4.04. The van der Waals surface area contributed by atoms with Crippen molar-refractivity contribution in [3.8, 4) is 0 Å². The minimum absolute atomic E-state index is 0.215. The second-order valence-corrected chi connectivity index (χ2v) is 6.57. The number of nitrogens with zero attached hydrogens (tertiary/aromatic N) is 1. The number of hydrogen-bond acceptors (Lipinski definition) is 3. The van der Waals surface area contributed by atoms with E-state index in [1.165, 1.54) is 5.56 Å². The Morgan fingerprint density at radius 2 is 2.26 bits per heavy atom. The van der Waals surface area contributed by atoms with Gasteiger partial charge in [-0.2, -0.15) is 0 Å². The molecule has 0 bridgehead atoms. The van der Waals surface area contributed by atoms with Gasteiger partial charge in [0.2, 0.25) is 0 Å². The maximum atomic E-state index is 12.4. The molecule has 0 saturated heterocycles. The van der Waals surface area contributed by atoms with E-state index in [1.807, 2.05) is 36.5 Å². The van der Waals surface area contributed by atoms with Crippen LogP contribution in [0.1, 0.15) is 29.3 Å². The van der Waals surface area contributed by atoms with Gasteiger partial charge < -0.3 is 9.72 Å². The van der Waals surface area contributed by atoms with E-state index in [4.69, 9.17) is 4.74 Å². The zero-order valence-electron chi connectivity index (χ0n) is 12.4. The van der Waals surface area contributed by atoms with Crippen molar-refractivity contribution in [2.24, 2.45) is 0 Å². The lowest BCUT2D eigenvalue weighted by molar-refractivity contribution is -0.148. The first-order valence-corrected chi connectivity index (χ1v) is 8.39. The molecule has 116 valence electrons. The summed E-state index contributed by atoms with van der Waals surface area (Å²) < 4.78 is 6.65. The number of nitrogens with one attached hydrogen (secondary N) is 1. The number of carbonyl (C=O) groups excluding carboxylic acids is 1. The minimum Gasteiger partial charge on any atom is -0.456 e. The van der Waals surface area contributed by atoms with Crippen LogP contribution in [0.3, 0.4) is 0 Å². The van der Waals surface area contributed by atoms with Crippen molar-refractivity contribution in [3.63, 3.8) is 0 Å². The van der Waals surface area contributed by atoms with Crippen molar-refractivity contribution in [3.05, 3.63) is 64.0 Å². The molecular formula is C18H15BrN2O2. The van der Waals surface area contributed by atoms with Crippen LogP contribution in [0.5, 0.6) is 0 Å². The molecule has 0 radical (unpaired) electrons. The molecule has 0 spiro atoms. The van der Waals surface area contributed by atoms with Crippen LogP contribution in [0.25, 0.3) is 10.9 Å². The van der Waals surface area contributed by atoms with E-state index < -0.39 is 0 Å². The number of fused-ring (bicyclic) bond motifs is 2. The highest BCUT2D eigenvalue weighted by Gasteiger charge is 2.27. The molecule has 1 aliphatic carbocycles. The summed E-state index contributed by atoms with van der Waals surface area (Å²) in [6.07, 6.45) is 5.39. The van der Waals surface area contributed by atoms with E-state index in [2.05, 4.69) is 25.9 Å². The Bertz CT molecular complexity index is 888. The van der Waals surface area contributed by atoms with E-state index in [-0.39, 0.29) is 18.5 Å². The zero-order valence-corrected chi connectivity index (χ0v) is 14.0. The van der Waals surface area contributed by atoms with Crippen LogP contribution in [-0.4, -0.2) is 15.9 Å². The maximum Gasteiger partial charge on any atom is 0.311 e. The molecule has 4 nitrogen and oxygen atoms in total. The SMILES string of the molecule is O=C(Cc1c[nH]c2cccc(Br)c12)OC1CCc2cccnc21. The highest BCUT2D eigenvalue weighted by molar-refractivity contribution is 9.10. The average Bonchev–Trinajstić information content (AvgIpc) is 3.13. The summed E-state index contributed by atoms with van der Waals surface area (Å²) in [7, 11) is 0. The van der Waals surface area contributed by atoms with Crippen LogP contribution in [-0.2, 0) is 22.4 Å². The Morgan fingerprint density at radius 3 is 3.17 bits per heavy atom. The molecule has 4 rings (SSSR count). The van der Waals surface area contributed by atoms with Crippen LogP contribution < -0.4 is 0 Å². The van der Waals surface area contributed by atoms with Crippen molar-refractivity contribution >= 4 is 32.8 Å². The lowest BCUT2D eigenvalue weighted by atomic mass is 10.1. The average molecular weight is 371 g/mol. The summed E-state index contributed by atoms with van der Waals surface area (Å²) in [4.78, 5) is 19.9. The molecule has 5 heteroatoms. The van der Waals surface area contributed by atoms with E-state index in [0.29, 0.717) is 0 Å². The fourth-order valence-electron chi connectivity index (χ4n) is 3.19. The third-order valence-electron chi connectivity index (χ3n) is 4.25. The number of benzene rings is 1. The topological polar surface area (TPSA) is 55.0 Å². The monoisotopic (exact) mass is 370 g/mol. The predicted molar refractivity (Wildman–Crippen MR) is 91.1 cm³/mol. The lowest BCUT2D eigenvalue weighted by Crippen LogP contribution is -2.12. The van der Waals surface area contributed by atoms with Crippen LogP contribution in [0, 0.1) is 0 Å². The number of aromatic amines is 1. The molecule has 2 aromatic heterocycles. The Labute approximate surface area is 142 Å². The fraction of sp³-hybridized carbons (Fsp3) is 0.222. The van der Waals surface area contributed by atoms with Crippen molar-refractivity contribution < 1.29 is 9.53 Å². The van der Waals surface area contributed by atoms with Gasteiger partial charge in [-0.1, -0.05) is 28.1 Å². The van der Waals surface area contributed by atoms with Gasteiger partial charge >= 0.3 is 5.97 Å². The smallest absolute Gasteiger partial charge is 0.311 e. The Morgan fingerprint density at radius 1 is 1.35 bits per heavy atom. The Balaban J connectivity index is 1.52. The normalized spacial score (nSPS) is 16.5. The number of carbonyl (C=O) groups is 1. The molecule has 0 aliphatic heterocycles. The van der Waals surface area contributed by atoms with Gasteiger partial charge in [-0.15, -0.1) is 0 Å². The van der Waals surface area contributed by atoms with Gasteiger partial charge in [-0.25, -0.2) is 0 Å². The number of aromatic nitrogens is 2. The molecule has 2 heterocycles. The highest BCUT2D eigenvalue weighted by atomic mass is 79.9. The number of ether oxygens (including phenoxy) is 1. The second-order valence-electron chi connectivity index (χ2n) is 5.72. The number of hydrogen-bond donors (Lipinski definition) is 1. The molecule has 1 unspecified atom stereocenters. The van der Waals surface area contributed by atoms with E-state index in [0.717, 1.165) is 39.5 Å². The van der Waals surface area contributed by atoms with Gasteiger partial charge in [0, 0.05) is 27.8 Å². The van der Waals surface area contributed by atoms with Crippen LogP contribution >= 0.6 is 15.9 Å². The van der Waals surface area contributed by atoms with Crippen molar-refractivity contribution in [2.45, 2.75) is 25.4 Å². The van der Waals surface area contributed by atoms with Crippen molar-refractivity contribution in [1.29, 1.82) is 0 Å². The summed E-state index contributed by atoms with van der Waals surface area (Å²) in [6.45, 7) is 0. The molecular weight excluding hydrogens is 356 g/mol. The molecule has 1 aliphatic rings. The Hall–Kier alpha value is -2.14. The number of pyridine rings is 1. The lowest BCUT2D eigenvalue weighted by Gasteiger charge is -2.12. The number of halogens is 1. The van der Waals surface area contributed by atoms with Gasteiger partial charge in [0.1, 0.15) is 6.10 Å². The summed E-state index contributed by atoms with van der Waals surface area (Å²) >= 11 is 3.54. The number of aryl methyl sites for hydroxylation is 1. The van der Waals surface area contributed by atoms with Crippen LogP contribution in [0.15, 0.2) is 47.2 Å². The summed E-state index contributed by atoms with van der Waals surface area (Å²) in [5.74, 6) is -0.217. The fourth-order valence-corrected chi connectivity index (χ4v) is 3.81. The van der Waals surface area contributed by atoms with E-state index in [1.54, 1.807) is 6.20 Å². The second kappa shape index (κ2) is 5.81. The summed E-state index contributed by atoms with van der Waals surface area (Å²) in [5, 5.41) is 1.04. The summed E-state index contributed by atoms with van der Waals surface area (Å²) in [6, 6.07) is 9.90. The van der Waals surface area contributed by atoms with Crippen molar-refractivity contribution in [1.82, 2.24) is 9.97 Å². The predicted octanol–water partition coefficient (Wildman–Crippen LogP) is 4.10. The van der Waals surface area contributed by atoms with E-state index >= 15 is 0 Å².